The Morgan fingerprint density at radius 1 is 1.05 bits per heavy atom. The molecule has 204 valence electrons. The van der Waals surface area contributed by atoms with Gasteiger partial charge in [0.25, 0.3) is 5.91 Å². The van der Waals surface area contributed by atoms with Crippen molar-refractivity contribution in [2.45, 2.75) is 32.9 Å². The lowest BCUT2D eigenvalue weighted by molar-refractivity contribution is -0.142. The number of nitrogens with zero attached hydrogens (tertiary/aromatic N) is 3. The van der Waals surface area contributed by atoms with Crippen molar-refractivity contribution in [2.75, 3.05) is 19.5 Å². The van der Waals surface area contributed by atoms with Crippen LogP contribution in [0, 0.1) is 6.92 Å². The van der Waals surface area contributed by atoms with E-state index in [2.05, 4.69) is 15.4 Å². The molecule has 1 amide bonds. The summed E-state index contributed by atoms with van der Waals surface area (Å²) in [7, 11) is 2.29. The number of hydrogen-bond donors (Lipinski definition) is 1. The number of benzene rings is 1. The van der Waals surface area contributed by atoms with E-state index in [9.17, 15) is 27.6 Å². The second-order valence-corrected chi connectivity index (χ2v) is 9.81. The van der Waals surface area contributed by atoms with Crippen molar-refractivity contribution in [2.24, 2.45) is 0 Å². The van der Waals surface area contributed by atoms with Gasteiger partial charge in [-0.15, -0.1) is 11.3 Å². The standard InChI is InChI=1S/C26H23F3N4O5S/c1-12(2)14-6-8-15(9-7-14)17-10-18(26(27,28)29)33-21(31-17)16(11-30-33)22(34)32-23-19(24(35)37-4)13(3)20(39-23)25(36)38-5/h6-12H,1-5H3,(H,32,34). The van der Waals surface area contributed by atoms with Gasteiger partial charge in [-0.25, -0.2) is 19.1 Å². The molecule has 9 nitrogen and oxygen atoms in total. The van der Waals surface area contributed by atoms with Gasteiger partial charge >= 0.3 is 18.1 Å². The molecular weight excluding hydrogens is 537 g/mol. The Hall–Kier alpha value is -4.26. The van der Waals surface area contributed by atoms with Crippen molar-refractivity contribution in [3.63, 3.8) is 0 Å². The maximum absolute atomic E-state index is 14.0. The maximum atomic E-state index is 14.0. The summed E-state index contributed by atoms with van der Waals surface area (Å²) in [5, 5.41) is 6.22. The van der Waals surface area contributed by atoms with Gasteiger partial charge in [0.15, 0.2) is 11.3 Å². The Morgan fingerprint density at radius 3 is 2.26 bits per heavy atom. The molecule has 1 aromatic carbocycles. The number of alkyl halides is 3. The Kier molecular flexibility index (Phi) is 7.46. The van der Waals surface area contributed by atoms with Gasteiger partial charge in [0, 0.05) is 5.56 Å². The highest BCUT2D eigenvalue weighted by molar-refractivity contribution is 7.18. The molecule has 3 heterocycles. The summed E-state index contributed by atoms with van der Waals surface area (Å²) >= 11 is 0.770. The number of carbonyl (C=O) groups excluding carboxylic acids is 3. The molecule has 39 heavy (non-hydrogen) atoms. The molecule has 3 aromatic heterocycles. The van der Waals surface area contributed by atoms with Crippen LogP contribution in [0.25, 0.3) is 16.9 Å². The van der Waals surface area contributed by atoms with Crippen molar-refractivity contribution >= 4 is 39.8 Å². The fourth-order valence-electron chi connectivity index (χ4n) is 3.92. The molecule has 4 rings (SSSR count). The minimum absolute atomic E-state index is 0.00474. The Balaban J connectivity index is 1.83. The lowest BCUT2D eigenvalue weighted by Crippen LogP contribution is -2.16. The number of carbonyl (C=O) groups is 3. The highest BCUT2D eigenvalue weighted by Crippen LogP contribution is 2.36. The van der Waals surface area contributed by atoms with E-state index in [1.54, 1.807) is 24.3 Å². The molecule has 4 aromatic rings. The monoisotopic (exact) mass is 560 g/mol. The van der Waals surface area contributed by atoms with E-state index in [0.29, 0.717) is 10.1 Å². The Bertz CT molecular complexity index is 1590. The van der Waals surface area contributed by atoms with Gasteiger partial charge in [-0.05, 0) is 30.0 Å². The van der Waals surface area contributed by atoms with Crippen LogP contribution in [0.15, 0.2) is 36.5 Å². The number of anilines is 1. The number of fused-ring (bicyclic) bond motifs is 1. The molecule has 0 bridgehead atoms. The van der Waals surface area contributed by atoms with Crippen molar-refractivity contribution < 1.29 is 37.0 Å². The number of methoxy groups -OCH3 is 2. The molecule has 0 atom stereocenters. The van der Waals surface area contributed by atoms with E-state index in [0.717, 1.165) is 43.4 Å². The lowest BCUT2D eigenvalue weighted by atomic mass is 10.0. The molecule has 13 heteroatoms. The van der Waals surface area contributed by atoms with Crippen LogP contribution in [-0.4, -0.2) is 46.7 Å². The van der Waals surface area contributed by atoms with Crippen LogP contribution in [0.1, 0.15) is 67.0 Å². The van der Waals surface area contributed by atoms with Gasteiger partial charge in [0.05, 0.1) is 31.7 Å². The number of nitrogens with one attached hydrogen (secondary N) is 1. The fraction of sp³-hybridized carbons (Fsp3) is 0.269. The molecule has 0 aliphatic heterocycles. The second kappa shape index (κ2) is 10.5. The van der Waals surface area contributed by atoms with Crippen LogP contribution in [0.5, 0.6) is 0 Å². The number of halogens is 3. The molecule has 0 aliphatic rings. The third-order valence-electron chi connectivity index (χ3n) is 6.01. The summed E-state index contributed by atoms with van der Waals surface area (Å²) in [6.07, 6.45) is -3.84. The third-order valence-corrected chi connectivity index (χ3v) is 7.20. The molecule has 0 unspecified atom stereocenters. The Morgan fingerprint density at radius 2 is 1.69 bits per heavy atom. The predicted octanol–water partition coefficient (Wildman–Crippen LogP) is 5.73. The second-order valence-electron chi connectivity index (χ2n) is 8.79. The third kappa shape index (κ3) is 5.21. The minimum Gasteiger partial charge on any atom is -0.465 e. The SMILES string of the molecule is COC(=O)c1sc(NC(=O)c2cnn3c(C(F)(F)F)cc(-c4ccc(C(C)C)cc4)nc23)c(C(=O)OC)c1C. The summed E-state index contributed by atoms with van der Waals surface area (Å²) in [5.41, 5.74) is -0.182. The Labute approximate surface area is 224 Å². The normalized spacial score (nSPS) is 11.6. The molecule has 0 aliphatic carbocycles. The van der Waals surface area contributed by atoms with Crippen molar-refractivity contribution in [3.8, 4) is 11.3 Å². The highest BCUT2D eigenvalue weighted by Gasteiger charge is 2.36. The first-order valence-corrected chi connectivity index (χ1v) is 12.4. The zero-order chi connectivity index (χ0) is 28.6. The smallest absolute Gasteiger partial charge is 0.433 e. The molecule has 0 radical (unpaired) electrons. The zero-order valence-corrected chi connectivity index (χ0v) is 22.3. The van der Waals surface area contributed by atoms with Crippen LogP contribution in [0.3, 0.4) is 0 Å². The molecule has 0 saturated carbocycles. The largest absolute Gasteiger partial charge is 0.465 e. The summed E-state index contributed by atoms with van der Waals surface area (Å²) in [4.78, 5) is 42.2. The van der Waals surface area contributed by atoms with E-state index < -0.39 is 29.7 Å². The first-order valence-electron chi connectivity index (χ1n) is 11.5. The van der Waals surface area contributed by atoms with Gasteiger partial charge in [-0.1, -0.05) is 38.1 Å². The summed E-state index contributed by atoms with van der Waals surface area (Å²) in [5.74, 6) is -2.22. The summed E-state index contributed by atoms with van der Waals surface area (Å²) in [6, 6.07) is 7.80. The maximum Gasteiger partial charge on any atom is 0.433 e. The zero-order valence-electron chi connectivity index (χ0n) is 21.5. The number of hydrogen-bond acceptors (Lipinski definition) is 8. The number of ether oxygens (including phenoxy) is 2. The van der Waals surface area contributed by atoms with Gasteiger partial charge in [0.1, 0.15) is 15.4 Å². The van der Waals surface area contributed by atoms with Crippen LogP contribution in [0.4, 0.5) is 18.2 Å². The van der Waals surface area contributed by atoms with Gasteiger partial charge in [-0.2, -0.15) is 18.3 Å². The van der Waals surface area contributed by atoms with Gasteiger partial charge in [0.2, 0.25) is 0 Å². The quantitative estimate of drug-likeness (QED) is 0.300. The van der Waals surface area contributed by atoms with Crippen LogP contribution in [-0.2, 0) is 15.7 Å². The average Bonchev–Trinajstić information content (AvgIpc) is 3.47. The fourth-order valence-corrected chi connectivity index (χ4v) is 5.03. The van der Waals surface area contributed by atoms with E-state index in [4.69, 9.17) is 9.47 Å². The topological polar surface area (TPSA) is 112 Å². The number of thiophene rings is 1. The van der Waals surface area contributed by atoms with Crippen molar-refractivity contribution in [3.05, 3.63) is 69.4 Å². The van der Waals surface area contributed by atoms with Gasteiger partial charge < -0.3 is 14.8 Å². The number of aromatic nitrogens is 3. The van der Waals surface area contributed by atoms with E-state index in [-0.39, 0.29) is 43.8 Å². The van der Waals surface area contributed by atoms with E-state index in [1.807, 2.05) is 13.8 Å². The first-order chi connectivity index (χ1) is 18.4. The van der Waals surface area contributed by atoms with Crippen LogP contribution >= 0.6 is 11.3 Å². The average molecular weight is 561 g/mol. The van der Waals surface area contributed by atoms with Gasteiger partial charge in [-0.3, -0.25) is 4.79 Å². The molecule has 0 saturated heterocycles. The predicted molar refractivity (Wildman–Crippen MR) is 137 cm³/mol. The highest BCUT2D eigenvalue weighted by atomic mass is 32.1. The molecular formula is C26H23F3N4O5S. The van der Waals surface area contributed by atoms with E-state index >= 15 is 0 Å². The molecule has 0 spiro atoms. The molecule has 0 fully saturated rings. The number of rotatable bonds is 6. The van der Waals surface area contributed by atoms with Crippen LogP contribution < -0.4 is 5.32 Å². The minimum atomic E-state index is -4.80. The van der Waals surface area contributed by atoms with E-state index in [1.165, 1.54) is 6.92 Å². The lowest BCUT2D eigenvalue weighted by Gasteiger charge is -2.12. The molecule has 1 N–H and O–H groups in total. The first kappa shape index (κ1) is 27.8. The number of esters is 2. The van der Waals surface area contributed by atoms with Crippen molar-refractivity contribution in [1.29, 1.82) is 0 Å². The van der Waals surface area contributed by atoms with Crippen LogP contribution in [0.2, 0.25) is 0 Å². The number of amides is 1. The summed E-state index contributed by atoms with van der Waals surface area (Å²) < 4.78 is 52.0. The van der Waals surface area contributed by atoms with Crippen molar-refractivity contribution in [1.82, 2.24) is 14.6 Å². The summed E-state index contributed by atoms with van der Waals surface area (Å²) in [6.45, 7) is 5.47.